The molecule has 2 aromatic rings. The van der Waals surface area contributed by atoms with Crippen LogP contribution in [0.4, 0.5) is 5.82 Å². The number of anilines is 1. The second-order valence-corrected chi connectivity index (χ2v) is 3.37. The Morgan fingerprint density at radius 1 is 1.36 bits per heavy atom. The van der Waals surface area contributed by atoms with E-state index in [-0.39, 0.29) is 0 Å². The van der Waals surface area contributed by atoms with Gasteiger partial charge in [-0.05, 0) is 22.6 Å². The molecule has 0 unspecified atom stereocenters. The summed E-state index contributed by atoms with van der Waals surface area (Å²) in [7, 11) is 0. The quantitative estimate of drug-likeness (QED) is 0.716. The molecule has 2 rings (SSSR count). The van der Waals surface area contributed by atoms with Crippen molar-refractivity contribution in [2.24, 2.45) is 0 Å². The van der Waals surface area contributed by atoms with Crippen molar-refractivity contribution in [1.29, 1.82) is 0 Å². The summed E-state index contributed by atoms with van der Waals surface area (Å²) in [5.41, 5.74) is 5.60. The van der Waals surface area contributed by atoms with Gasteiger partial charge in [0, 0.05) is 16.0 Å². The molecule has 0 saturated heterocycles. The van der Waals surface area contributed by atoms with Crippen molar-refractivity contribution in [3.8, 4) is 0 Å². The van der Waals surface area contributed by atoms with Gasteiger partial charge >= 0.3 is 0 Å². The van der Waals surface area contributed by atoms with Gasteiger partial charge in [0.05, 0.1) is 6.20 Å². The van der Waals surface area contributed by atoms with E-state index >= 15 is 0 Å². The van der Waals surface area contributed by atoms with Crippen molar-refractivity contribution in [2.75, 3.05) is 5.73 Å². The first kappa shape index (κ1) is 6.84. The predicted molar refractivity (Wildman–Crippen MR) is 50.1 cm³/mol. The molecule has 56 valence electrons. The number of imidazole rings is 1. The molecule has 0 spiro atoms. The lowest BCUT2D eigenvalue weighted by atomic mass is 10.6. The highest BCUT2D eigenvalue weighted by molar-refractivity contribution is 14.1. The fourth-order valence-electron chi connectivity index (χ4n) is 0.868. The molecule has 0 aliphatic rings. The lowest BCUT2D eigenvalue weighted by Gasteiger charge is -1.94. The summed E-state index contributed by atoms with van der Waals surface area (Å²) in [6.07, 6.45) is 5.24. The molecule has 11 heavy (non-hydrogen) atoms. The second kappa shape index (κ2) is 2.33. The van der Waals surface area contributed by atoms with Crippen LogP contribution in [0.15, 0.2) is 18.6 Å². The Balaban J connectivity index is 2.87. The topological polar surface area (TPSA) is 56.2 Å². The zero-order chi connectivity index (χ0) is 7.84. The summed E-state index contributed by atoms with van der Waals surface area (Å²) in [5, 5.41) is 0. The first-order chi connectivity index (χ1) is 5.27. The van der Waals surface area contributed by atoms with Crippen LogP contribution in [0.3, 0.4) is 0 Å². The van der Waals surface area contributed by atoms with Gasteiger partial charge in [0.25, 0.3) is 0 Å². The first-order valence-electron chi connectivity index (χ1n) is 3.01. The van der Waals surface area contributed by atoms with E-state index in [9.17, 15) is 0 Å². The lowest BCUT2D eigenvalue weighted by molar-refractivity contribution is 1.10. The minimum Gasteiger partial charge on any atom is -0.383 e. The summed E-state index contributed by atoms with van der Waals surface area (Å²) < 4.78 is 2.79. The van der Waals surface area contributed by atoms with Crippen LogP contribution in [0.25, 0.3) is 5.78 Å². The number of hydrogen-bond donors (Lipinski definition) is 1. The van der Waals surface area contributed by atoms with Gasteiger partial charge in [0.2, 0.25) is 5.78 Å². The molecule has 0 bridgehead atoms. The predicted octanol–water partition coefficient (Wildman–Crippen LogP) is 0.916. The van der Waals surface area contributed by atoms with Gasteiger partial charge < -0.3 is 5.73 Å². The molecule has 2 heterocycles. The average Bonchev–Trinajstić information content (AvgIpc) is 2.33. The maximum atomic E-state index is 5.60. The van der Waals surface area contributed by atoms with Gasteiger partial charge in [0.15, 0.2) is 0 Å². The van der Waals surface area contributed by atoms with E-state index in [2.05, 4.69) is 32.6 Å². The Labute approximate surface area is 76.6 Å². The molecule has 0 fully saturated rings. The summed E-state index contributed by atoms with van der Waals surface area (Å²) in [4.78, 5) is 8.05. The van der Waals surface area contributed by atoms with Gasteiger partial charge in [-0.15, -0.1) is 0 Å². The van der Waals surface area contributed by atoms with Gasteiger partial charge in [0.1, 0.15) is 5.82 Å². The largest absolute Gasteiger partial charge is 0.383 e. The monoisotopic (exact) mass is 260 g/mol. The molecule has 0 amide bonds. The van der Waals surface area contributed by atoms with Crippen LogP contribution in [0.5, 0.6) is 0 Å². The molecule has 0 atom stereocenters. The Morgan fingerprint density at radius 2 is 2.09 bits per heavy atom. The van der Waals surface area contributed by atoms with Crippen LogP contribution < -0.4 is 5.73 Å². The third-order valence-corrected chi connectivity index (χ3v) is 1.92. The molecule has 0 aliphatic heterocycles. The fraction of sp³-hybridized carbons (Fsp3) is 0. The minimum atomic E-state index is 0.617. The van der Waals surface area contributed by atoms with Crippen molar-refractivity contribution >= 4 is 34.2 Å². The van der Waals surface area contributed by atoms with Crippen LogP contribution in [0.1, 0.15) is 0 Å². The molecule has 0 radical (unpaired) electrons. The molecule has 2 aromatic heterocycles. The maximum absolute atomic E-state index is 5.60. The number of nitrogen functional groups attached to an aromatic ring is 1. The van der Waals surface area contributed by atoms with E-state index in [0.717, 1.165) is 3.57 Å². The van der Waals surface area contributed by atoms with Gasteiger partial charge in [-0.3, -0.25) is 4.40 Å². The van der Waals surface area contributed by atoms with Gasteiger partial charge in [-0.2, -0.15) is 0 Å². The standard InChI is InChI=1S/C6H5IN4/c7-4-1-9-6-10-2-5(8)11(6)3-4/h1-3H,8H2. The van der Waals surface area contributed by atoms with E-state index in [1.165, 1.54) is 0 Å². The number of nitrogens with zero attached hydrogens (tertiary/aromatic N) is 3. The lowest BCUT2D eigenvalue weighted by Crippen LogP contribution is -1.94. The van der Waals surface area contributed by atoms with Gasteiger partial charge in [-0.1, -0.05) is 0 Å². The molecule has 0 saturated carbocycles. The van der Waals surface area contributed by atoms with E-state index < -0.39 is 0 Å². The summed E-state index contributed by atoms with van der Waals surface area (Å²) >= 11 is 2.18. The second-order valence-electron chi connectivity index (χ2n) is 2.13. The molecular formula is C6H5IN4. The number of aromatic nitrogens is 3. The molecule has 5 heteroatoms. The summed E-state index contributed by atoms with van der Waals surface area (Å²) in [5.74, 6) is 1.26. The van der Waals surface area contributed by atoms with Crippen LogP contribution in [-0.4, -0.2) is 14.4 Å². The normalized spacial score (nSPS) is 10.6. The highest BCUT2D eigenvalue weighted by Gasteiger charge is 1.98. The van der Waals surface area contributed by atoms with E-state index in [4.69, 9.17) is 5.73 Å². The van der Waals surface area contributed by atoms with Gasteiger partial charge in [-0.25, -0.2) is 9.97 Å². The molecule has 0 aromatic carbocycles. The molecular weight excluding hydrogens is 255 g/mol. The number of rotatable bonds is 0. The summed E-state index contributed by atoms with van der Waals surface area (Å²) in [6.45, 7) is 0. The van der Waals surface area contributed by atoms with Crippen LogP contribution >= 0.6 is 22.6 Å². The van der Waals surface area contributed by atoms with Crippen molar-refractivity contribution in [1.82, 2.24) is 14.4 Å². The number of nitrogens with two attached hydrogens (primary N) is 1. The first-order valence-corrected chi connectivity index (χ1v) is 4.09. The smallest absolute Gasteiger partial charge is 0.235 e. The van der Waals surface area contributed by atoms with Crippen LogP contribution in [0.2, 0.25) is 0 Å². The third-order valence-electron chi connectivity index (χ3n) is 1.36. The van der Waals surface area contributed by atoms with E-state index in [0.29, 0.717) is 11.6 Å². The third kappa shape index (κ3) is 1.05. The molecule has 2 N–H and O–H groups in total. The maximum Gasteiger partial charge on any atom is 0.235 e. The van der Waals surface area contributed by atoms with Crippen LogP contribution in [0, 0.1) is 3.57 Å². The number of hydrogen-bond acceptors (Lipinski definition) is 3. The Kier molecular flexibility index (Phi) is 1.45. The van der Waals surface area contributed by atoms with Crippen molar-refractivity contribution in [3.63, 3.8) is 0 Å². The minimum absolute atomic E-state index is 0.617. The number of fused-ring (bicyclic) bond motifs is 1. The Bertz CT molecular complexity index is 394. The highest BCUT2D eigenvalue weighted by atomic mass is 127. The molecule has 4 nitrogen and oxygen atoms in total. The van der Waals surface area contributed by atoms with Crippen molar-refractivity contribution < 1.29 is 0 Å². The Hall–Kier alpha value is -0.850. The SMILES string of the molecule is Nc1cnc2ncc(I)cn12. The fourth-order valence-corrected chi connectivity index (χ4v) is 1.29. The summed E-state index contributed by atoms with van der Waals surface area (Å²) in [6, 6.07) is 0. The number of halogens is 1. The average molecular weight is 260 g/mol. The Morgan fingerprint density at radius 3 is 2.91 bits per heavy atom. The van der Waals surface area contributed by atoms with Crippen LogP contribution in [-0.2, 0) is 0 Å². The highest BCUT2D eigenvalue weighted by Crippen LogP contribution is 2.08. The zero-order valence-corrected chi connectivity index (χ0v) is 7.69. The van der Waals surface area contributed by atoms with Crippen molar-refractivity contribution in [3.05, 3.63) is 22.2 Å². The van der Waals surface area contributed by atoms with E-state index in [1.54, 1.807) is 16.8 Å². The van der Waals surface area contributed by atoms with E-state index in [1.807, 2.05) is 6.20 Å². The van der Waals surface area contributed by atoms with Crippen molar-refractivity contribution in [2.45, 2.75) is 0 Å². The molecule has 0 aliphatic carbocycles. The zero-order valence-electron chi connectivity index (χ0n) is 5.53.